The summed E-state index contributed by atoms with van der Waals surface area (Å²) in [5, 5.41) is 3.70. The van der Waals surface area contributed by atoms with Crippen LogP contribution in [0.4, 0.5) is 17.5 Å². The van der Waals surface area contributed by atoms with Gasteiger partial charge in [0.2, 0.25) is 16.0 Å². The lowest BCUT2D eigenvalue weighted by Gasteiger charge is -2.35. The number of hydrogen-bond acceptors (Lipinski definition) is 6. The highest BCUT2D eigenvalue weighted by Crippen LogP contribution is 2.27. The lowest BCUT2D eigenvalue weighted by atomic mass is 10.2. The molecular weight excluding hydrogens is 446 g/mol. The van der Waals surface area contributed by atoms with E-state index in [9.17, 15) is 8.42 Å². The summed E-state index contributed by atoms with van der Waals surface area (Å²) in [6.07, 6.45) is 0. The molecule has 168 valence electrons. The van der Waals surface area contributed by atoms with Crippen LogP contribution in [0.25, 0.3) is 0 Å². The molecule has 0 unspecified atom stereocenters. The van der Waals surface area contributed by atoms with Crippen LogP contribution in [-0.4, -0.2) is 48.9 Å². The summed E-state index contributed by atoms with van der Waals surface area (Å²) >= 11 is 6.15. The molecule has 4 rings (SSSR count). The molecule has 1 saturated heterocycles. The number of sulfonamides is 1. The van der Waals surface area contributed by atoms with Gasteiger partial charge in [-0.05, 0) is 50.6 Å². The van der Waals surface area contributed by atoms with E-state index in [1.807, 2.05) is 44.2 Å². The number of piperazine rings is 1. The summed E-state index contributed by atoms with van der Waals surface area (Å²) in [4.78, 5) is 11.5. The molecule has 7 nitrogen and oxygen atoms in total. The van der Waals surface area contributed by atoms with Gasteiger partial charge < -0.3 is 10.2 Å². The van der Waals surface area contributed by atoms with E-state index < -0.39 is 10.0 Å². The summed E-state index contributed by atoms with van der Waals surface area (Å²) < 4.78 is 27.8. The number of hydrogen-bond donors (Lipinski definition) is 1. The van der Waals surface area contributed by atoms with Crippen LogP contribution in [0.1, 0.15) is 16.8 Å². The Labute approximate surface area is 194 Å². The second-order valence-corrected chi connectivity index (χ2v) is 10.2. The van der Waals surface area contributed by atoms with Gasteiger partial charge in [-0.2, -0.15) is 9.29 Å². The maximum absolute atomic E-state index is 13.2. The summed E-state index contributed by atoms with van der Waals surface area (Å²) in [5.74, 6) is 1.30. The number of anilines is 3. The van der Waals surface area contributed by atoms with Crippen LogP contribution < -0.4 is 10.2 Å². The summed E-state index contributed by atoms with van der Waals surface area (Å²) in [5.41, 5.74) is 3.52. The first-order chi connectivity index (χ1) is 15.2. The fraction of sp³-hybridized carbons (Fsp3) is 0.304. The zero-order valence-electron chi connectivity index (χ0n) is 18.3. The normalized spacial score (nSPS) is 15.1. The molecule has 0 aliphatic carbocycles. The van der Waals surface area contributed by atoms with Crippen molar-refractivity contribution >= 4 is 39.1 Å². The van der Waals surface area contributed by atoms with Crippen LogP contribution in [0.2, 0.25) is 5.02 Å². The maximum Gasteiger partial charge on any atom is 0.243 e. The second-order valence-electron chi connectivity index (χ2n) is 7.94. The van der Waals surface area contributed by atoms with Crippen LogP contribution in [0, 0.1) is 20.8 Å². The van der Waals surface area contributed by atoms with E-state index in [1.54, 1.807) is 25.1 Å². The number of rotatable bonds is 5. The van der Waals surface area contributed by atoms with Crippen LogP contribution in [0.5, 0.6) is 0 Å². The van der Waals surface area contributed by atoms with Crippen LogP contribution in [-0.2, 0) is 10.0 Å². The lowest BCUT2D eigenvalue weighted by Crippen LogP contribution is -2.49. The first kappa shape index (κ1) is 22.5. The Morgan fingerprint density at radius 3 is 2.31 bits per heavy atom. The molecule has 1 aliphatic rings. The second kappa shape index (κ2) is 9.05. The summed E-state index contributed by atoms with van der Waals surface area (Å²) in [6, 6.07) is 14.9. The van der Waals surface area contributed by atoms with E-state index in [1.165, 1.54) is 9.87 Å². The van der Waals surface area contributed by atoms with Gasteiger partial charge in [-0.1, -0.05) is 35.4 Å². The van der Waals surface area contributed by atoms with Crippen LogP contribution >= 0.6 is 11.6 Å². The smallest absolute Gasteiger partial charge is 0.243 e. The fourth-order valence-electron chi connectivity index (χ4n) is 3.70. The van der Waals surface area contributed by atoms with Crippen molar-refractivity contribution in [1.82, 2.24) is 14.3 Å². The minimum atomic E-state index is -3.60. The van der Waals surface area contributed by atoms with Crippen LogP contribution in [0.3, 0.4) is 0 Å². The van der Waals surface area contributed by atoms with Gasteiger partial charge in [-0.3, -0.25) is 0 Å². The van der Waals surface area contributed by atoms with Gasteiger partial charge in [-0.25, -0.2) is 13.4 Å². The molecule has 2 heterocycles. The van der Waals surface area contributed by atoms with Gasteiger partial charge >= 0.3 is 0 Å². The average Bonchev–Trinajstić information content (AvgIpc) is 2.77. The van der Waals surface area contributed by atoms with E-state index in [-0.39, 0.29) is 4.90 Å². The van der Waals surface area contributed by atoms with Gasteiger partial charge in [0.15, 0.2) is 0 Å². The first-order valence-corrected chi connectivity index (χ1v) is 12.3. The fourth-order valence-corrected chi connectivity index (χ4v) is 5.60. The zero-order valence-corrected chi connectivity index (χ0v) is 19.9. The molecule has 1 N–H and O–H groups in total. The predicted octanol–water partition coefficient (Wildman–Crippen LogP) is 4.31. The Kier molecular flexibility index (Phi) is 6.37. The Morgan fingerprint density at radius 2 is 1.62 bits per heavy atom. The maximum atomic E-state index is 13.2. The average molecular weight is 472 g/mol. The number of aromatic nitrogens is 2. The molecule has 0 radical (unpaired) electrons. The largest absolute Gasteiger partial charge is 0.354 e. The number of benzene rings is 2. The minimum absolute atomic E-state index is 0.265. The van der Waals surface area contributed by atoms with Crippen molar-refractivity contribution in [2.45, 2.75) is 25.7 Å². The summed E-state index contributed by atoms with van der Waals surface area (Å²) in [6.45, 7) is 7.53. The van der Waals surface area contributed by atoms with E-state index in [4.69, 9.17) is 11.6 Å². The molecule has 9 heteroatoms. The van der Waals surface area contributed by atoms with E-state index >= 15 is 0 Å². The Hall–Kier alpha value is -2.68. The van der Waals surface area contributed by atoms with Crippen molar-refractivity contribution in [3.63, 3.8) is 0 Å². The molecule has 3 aromatic rings. The number of nitrogens with zero attached hydrogens (tertiary/aromatic N) is 4. The standard InChI is InChI=1S/C23H26ClN5O2S/c1-16-7-9-19(10-8-16)26-23-25-17(2)15-22(27-23)28-11-13-29(14-12-28)32(30,31)21-6-4-5-20(24)18(21)3/h4-10,15H,11-14H2,1-3H3,(H,25,26,27). The molecule has 1 aliphatic heterocycles. The summed E-state index contributed by atoms with van der Waals surface area (Å²) in [7, 11) is -3.60. The van der Waals surface area contributed by atoms with Crippen molar-refractivity contribution in [2.24, 2.45) is 0 Å². The van der Waals surface area contributed by atoms with Gasteiger partial charge in [-0.15, -0.1) is 0 Å². The number of nitrogens with one attached hydrogen (secondary N) is 1. The highest BCUT2D eigenvalue weighted by atomic mass is 35.5. The Bertz CT molecular complexity index is 1220. The molecule has 32 heavy (non-hydrogen) atoms. The van der Waals surface area contributed by atoms with Crippen molar-refractivity contribution in [3.8, 4) is 0 Å². The number of halogens is 1. The van der Waals surface area contributed by atoms with E-state index in [2.05, 4.69) is 20.2 Å². The molecule has 0 saturated carbocycles. The minimum Gasteiger partial charge on any atom is -0.354 e. The topological polar surface area (TPSA) is 78.4 Å². The third-order valence-corrected chi connectivity index (χ3v) is 8.00. The molecule has 1 aromatic heterocycles. The van der Waals surface area contributed by atoms with Gasteiger partial charge in [0.25, 0.3) is 0 Å². The molecule has 0 amide bonds. The van der Waals surface area contributed by atoms with Crippen molar-refractivity contribution in [1.29, 1.82) is 0 Å². The van der Waals surface area contributed by atoms with E-state index in [0.717, 1.165) is 17.2 Å². The first-order valence-electron chi connectivity index (χ1n) is 10.4. The van der Waals surface area contributed by atoms with E-state index in [0.29, 0.717) is 42.7 Å². The third-order valence-electron chi connectivity index (χ3n) is 5.55. The lowest BCUT2D eigenvalue weighted by molar-refractivity contribution is 0.383. The zero-order chi connectivity index (χ0) is 22.9. The van der Waals surface area contributed by atoms with Gasteiger partial charge in [0.05, 0.1) is 4.90 Å². The molecule has 0 bridgehead atoms. The highest BCUT2D eigenvalue weighted by molar-refractivity contribution is 7.89. The highest BCUT2D eigenvalue weighted by Gasteiger charge is 2.30. The third kappa shape index (κ3) is 4.72. The SMILES string of the molecule is Cc1ccc(Nc2nc(C)cc(N3CCN(S(=O)(=O)c4cccc(Cl)c4C)CC3)n2)cc1. The predicted molar refractivity (Wildman–Crippen MR) is 128 cm³/mol. The van der Waals surface area contributed by atoms with Crippen molar-refractivity contribution < 1.29 is 8.42 Å². The van der Waals surface area contributed by atoms with Crippen molar-refractivity contribution in [2.75, 3.05) is 36.4 Å². The Morgan fingerprint density at radius 1 is 0.938 bits per heavy atom. The molecular formula is C23H26ClN5O2S. The van der Waals surface area contributed by atoms with Crippen LogP contribution in [0.15, 0.2) is 53.4 Å². The Balaban J connectivity index is 1.49. The van der Waals surface area contributed by atoms with Gasteiger partial charge in [0.1, 0.15) is 5.82 Å². The van der Waals surface area contributed by atoms with Gasteiger partial charge in [0, 0.05) is 48.6 Å². The molecule has 1 fully saturated rings. The molecule has 0 atom stereocenters. The monoisotopic (exact) mass is 471 g/mol. The quantitative estimate of drug-likeness (QED) is 0.597. The van der Waals surface area contributed by atoms with Crippen molar-refractivity contribution in [3.05, 3.63) is 70.4 Å². The molecule has 2 aromatic carbocycles. The number of aryl methyl sites for hydroxylation is 2. The molecule has 0 spiro atoms.